The lowest BCUT2D eigenvalue weighted by Gasteiger charge is -2.20. The zero-order valence-electron chi connectivity index (χ0n) is 12.1. The second-order valence-electron chi connectivity index (χ2n) is 4.75. The minimum absolute atomic E-state index is 0.185. The predicted molar refractivity (Wildman–Crippen MR) is 76.4 cm³/mol. The molecular weight excluding hydrogens is 276 g/mol. The van der Waals surface area contributed by atoms with Crippen LogP contribution in [0.5, 0.6) is 5.75 Å². The Hall–Kier alpha value is -1.95. The molecular formula is C15H19F2N3O. The van der Waals surface area contributed by atoms with E-state index in [-0.39, 0.29) is 11.8 Å². The minimum atomic E-state index is -2.84. The summed E-state index contributed by atoms with van der Waals surface area (Å²) in [6, 6.07) is 6.61. The van der Waals surface area contributed by atoms with Gasteiger partial charge in [0.2, 0.25) is 0 Å². The number of para-hydroxylation sites is 1. The normalized spacial score (nSPS) is 12.6. The Bertz CT molecular complexity index is 572. The van der Waals surface area contributed by atoms with Crippen LogP contribution >= 0.6 is 0 Å². The first-order valence-electron chi connectivity index (χ1n) is 6.87. The van der Waals surface area contributed by atoms with Crippen LogP contribution in [0.1, 0.15) is 30.5 Å². The zero-order valence-corrected chi connectivity index (χ0v) is 12.1. The number of hydrogen-bond acceptors (Lipinski definition) is 3. The molecule has 0 radical (unpaired) electrons. The van der Waals surface area contributed by atoms with Crippen molar-refractivity contribution in [2.75, 3.05) is 6.54 Å². The maximum Gasteiger partial charge on any atom is 0.387 e. The summed E-state index contributed by atoms with van der Waals surface area (Å²) in [5, 5.41) is 7.50. The molecule has 0 aliphatic rings. The summed E-state index contributed by atoms with van der Waals surface area (Å²) in [6.45, 7) is -0.0240. The van der Waals surface area contributed by atoms with Crippen LogP contribution in [0.2, 0.25) is 0 Å². The Morgan fingerprint density at radius 3 is 2.71 bits per heavy atom. The number of rotatable bonds is 7. The molecule has 0 aliphatic carbocycles. The first kappa shape index (κ1) is 15.4. The maximum absolute atomic E-state index is 12.6. The van der Waals surface area contributed by atoms with Crippen molar-refractivity contribution in [1.29, 1.82) is 0 Å². The summed E-state index contributed by atoms with van der Waals surface area (Å²) < 4.78 is 31.4. The van der Waals surface area contributed by atoms with E-state index in [1.54, 1.807) is 29.1 Å². The second-order valence-corrected chi connectivity index (χ2v) is 4.75. The first-order valence-corrected chi connectivity index (χ1v) is 6.87. The van der Waals surface area contributed by atoms with E-state index in [9.17, 15) is 8.78 Å². The first-order chi connectivity index (χ1) is 10.1. The van der Waals surface area contributed by atoms with Crippen molar-refractivity contribution in [3.63, 3.8) is 0 Å². The van der Waals surface area contributed by atoms with E-state index in [1.807, 2.05) is 19.3 Å². The summed E-state index contributed by atoms with van der Waals surface area (Å²) >= 11 is 0. The second kappa shape index (κ2) is 7.17. The molecule has 2 rings (SSSR count). The van der Waals surface area contributed by atoms with E-state index in [4.69, 9.17) is 0 Å². The standard InChI is InChI=1S/C15H19F2N3O/c1-3-8-18-14(11-9-19-20(2)10-11)12-6-4-5-7-13(12)21-15(16)17/h4-7,9-10,14-15,18H,3,8H2,1-2H3. The number of hydrogen-bond donors (Lipinski definition) is 1. The highest BCUT2D eigenvalue weighted by atomic mass is 19.3. The smallest absolute Gasteiger partial charge is 0.387 e. The highest BCUT2D eigenvalue weighted by Crippen LogP contribution is 2.30. The molecule has 1 atom stereocenters. The third-order valence-corrected chi connectivity index (χ3v) is 3.10. The van der Waals surface area contributed by atoms with E-state index in [2.05, 4.69) is 22.1 Å². The van der Waals surface area contributed by atoms with Gasteiger partial charge in [-0.2, -0.15) is 13.9 Å². The average Bonchev–Trinajstić information content (AvgIpc) is 2.87. The van der Waals surface area contributed by atoms with Gasteiger partial charge in [0.15, 0.2) is 0 Å². The molecule has 21 heavy (non-hydrogen) atoms. The van der Waals surface area contributed by atoms with Crippen molar-refractivity contribution in [2.24, 2.45) is 7.05 Å². The van der Waals surface area contributed by atoms with Gasteiger partial charge in [0, 0.05) is 24.4 Å². The summed E-state index contributed by atoms with van der Waals surface area (Å²) in [7, 11) is 1.82. The summed E-state index contributed by atoms with van der Waals surface area (Å²) in [4.78, 5) is 0. The van der Waals surface area contributed by atoms with Crippen molar-refractivity contribution in [1.82, 2.24) is 15.1 Å². The van der Waals surface area contributed by atoms with Gasteiger partial charge in [0.05, 0.1) is 12.2 Å². The molecule has 6 heteroatoms. The molecule has 0 spiro atoms. The predicted octanol–water partition coefficient (Wildman–Crippen LogP) is 3.11. The average molecular weight is 295 g/mol. The van der Waals surface area contributed by atoms with E-state index < -0.39 is 6.61 Å². The molecule has 0 amide bonds. The summed E-state index contributed by atoms with van der Waals surface area (Å²) in [5.74, 6) is 0.185. The van der Waals surface area contributed by atoms with Crippen LogP contribution in [-0.2, 0) is 7.05 Å². The van der Waals surface area contributed by atoms with E-state index >= 15 is 0 Å². The van der Waals surface area contributed by atoms with Gasteiger partial charge >= 0.3 is 6.61 Å². The van der Waals surface area contributed by atoms with Crippen LogP contribution in [0.15, 0.2) is 36.7 Å². The maximum atomic E-state index is 12.6. The fourth-order valence-corrected chi connectivity index (χ4v) is 2.21. The molecule has 1 N–H and O–H groups in total. The Morgan fingerprint density at radius 1 is 1.33 bits per heavy atom. The van der Waals surface area contributed by atoms with Gasteiger partial charge in [-0.3, -0.25) is 4.68 Å². The lowest BCUT2D eigenvalue weighted by molar-refractivity contribution is -0.0506. The molecule has 1 aromatic heterocycles. The molecule has 1 heterocycles. The number of benzene rings is 1. The molecule has 0 aliphatic heterocycles. The third kappa shape index (κ3) is 4.01. The topological polar surface area (TPSA) is 39.1 Å². The van der Waals surface area contributed by atoms with Crippen molar-refractivity contribution in [2.45, 2.75) is 26.0 Å². The molecule has 0 fully saturated rings. The number of aryl methyl sites for hydroxylation is 1. The molecule has 2 aromatic rings. The Morgan fingerprint density at radius 2 is 2.10 bits per heavy atom. The minimum Gasteiger partial charge on any atom is -0.434 e. The van der Waals surface area contributed by atoms with Gasteiger partial charge in [-0.1, -0.05) is 25.1 Å². The molecule has 0 bridgehead atoms. The van der Waals surface area contributed by atoms with Gasteiger partial charge < -0.3 is 10.1 Å². The zero-order chi connectivity index (χ0) is 15.2. The molecule has 0 saturated carbocycles. The lowest BCUT2D eigenvalue weighted by atomic mass is 10.0. The lowest BCUT2D eigenvalue weighted by Crippen LogP contribution is -2.23. The molecule has 114 valence electrons. The molecule has 0 saturated heterocycles. The quantitative estimate of drug-likeness (QED) is 0.853. The number of alkyl halides is 2. The van der Waals surface area contributed by atoms with Crippen molar-refractivity contribution in [3.8, 4) is 5.75 Å². The Balaban J connectivity index is 2.36. The number of halogens is 2. The van der Waals surface area contributed by atoms with Gasteiger partial charge in [-0.15, -0.1) is 0 Å². The van der Waals surface area contributed by atoms with Crippen molar-refractivity contribution < 1.29 is 13.5 Å². The molecule has 4 nitrogen and oxygen atoms in total. The van der Waals surface area contributed by atoms with Crippen LogP contribution in [0, 0.1) is 0 Å². The van der Waals surface area contributed by atoms with Gasteiger partial charge in [0.1, 0.15) is 5.75 Å². The fourth-order valence-electron chi connectivity index (χ4n) is 2.21. The van der Waals surface area contributed by atoms with Gasteiger partial charge in [-0.25, -0.2) is 0 Å². The number of ether oxygens (including phenoxy) is 1. The summed E-state index contributed by atoms with van der Waals surface area (Å²) in [6.07, 6.45) is 4.54. The van der Waals surface area contributed by atoms with Crippen LogP contribution in [-0.4, -0.2) is 22.9 Å². The Labute approximate surface area is 122 Å². The Kier molecular flexibility index (Phi) is 5.27. The van der Waals surface area contributed by atoms with E-state index in [1.165, 1.54) is 0 Å². The molecule has 1 aromatic carbocycles. The van der Waals surface area contributed by atoms with Crippen LogP contribution < -0.4 is 10.1 Å². The highest BCUT2D eigenvalue weighted by Gasteiger charge is 2.20. The third-order valence-electron chi connectivity index (χ3n) is 3.10. The monoisotopic (exact) mass is 295 g/mol. The van der Waals surface area contributed by atoms with Gasteiger partial charge in [0.25, 0.3) is 0 Å². The van der Waals surface area contributed by atoms with E-state index in [0.717, 1.165) is 18.5 Å². The van der Waals surface area contributed by atoms with E-state index in [0.29, 0.717) is 5.56 Å². The van der Waals surface area contributed by atoms with Crippen molar-refractivity contribution in [3.05, 3.63) is 47.8 Å². The largest absolute Gasteiger partial charge is 0.434 e. The van der Waals surface area contributed by atoms with Crippen LogP contribution in [0.25, 0.3) is 0 Å². The van der Waals surface area contributed by atoms with Crippen LogP contribution in [0.4, 0.5) is 8.78 Å². The van der Waals surface area contributed by atoms with Crippen molar-refractivity contribution >= 4 is 0 Å². The van der Waals surface area contributed by atoms with Crippen LogP contribution in [0.3, 0.4) is 0 Å². The fraction of sp³-hybridized carbons (Fsp3) is 0.400. The SMILES string of the molecule is CCCNC(c1cnn(C)c1)c1ccccc1OC(F)F. The molecule has 1 unspecified atom stereocenters. The number of nitrogens with one attached hydrogen (secondary N) is 1. The van der Waals surface area contributed by atoms with Gasteiger partial charge in [-0.05, 0) is 19.0 Å². The number of nitrogens with zero attached hydrogens (tertiary/aromatic N) is 2. The highest BCUT2D eigenvalue weighted by molar-refractivity contribution is 5.40. The summed E-state index contributed by atoms with van der Waals surface area (Å²) in [5.41, 5.74) is 1.59. The number of aromatic nitrogens is 2.